The number of nitrogens with zero attached hydrogens (tertiary/aromatic N) is 1. The van der Waals surface area contributed by atoms with Gasteiger partial charge >= 0.3 is 19.8 Å². The lowest BCUT2D eigenvalue weighted by molar-refractivity contribution is -0.870. The van der Waals surface area contributed by atoms with Gasteiger partial charge in [0.05, 0.1) is 27.7 Å². The zero-order chi connectivity index (χ0) is 56.3. The minimum atomic E-state index is -4.38. The van der Waals surface area contributed by atoms with Crippen LogP contribution in [-0.2, 0) is 32.7 Å². The SMILES string of the molecule is CCCCCCC/C=C\C/C=C\C/C=C\CCCCCCCCCCCCCCCCCCCCCCCCCCC(=O)OC(COC(=O)CCCCCCCCCCCCCCCC)COP(=O)(O)OCC[N+](C)(C)C. The van der Waals surface area contributed by atoms with Crippen molar-refractivity contribution in [1.29, 1.82) is 0 Å². The Kier molecular flexibility index (Phi) is 57.5. The first-order chi connectivity index (χ1) is 37.5. The first-order valence-electron chi connectivity index (χ1n) is 33.2. The molecule has 0 aromatic rings. The van der Waals surface area contributed by atoms with E-state index >= 15 is 0 Å². The summed E-state index contributed by atoms with van der Waals surface area (Å²) in [6.45, 7) is 4.47. The molecule has 0 amide bonds. The van der Waals surface area contributed by atoms with Gasteiger partial charge < -0.3 is 18.9 Å². The molecule has 0 saturated carbocycles. The summed E-state index contributed by atoms with van der Waals surface area (Å²) in [4.78, 5) is 35.7. The third-order valence-corrected chi connectivity index (χ3v) is 15.9. The van der Waals surface area contributed by atoms with Crippen molar-refractivity contribution >= 4 is 19.8 Å². The van der Waals surface area contributed by atoms with Crippen LogP contribution in [0.15, 0.2) is 36.5 Å². The number of hydrogen-bond acceptors (Lipinski definition) is 7. The van der Waals surface area contributed by atoms with Crippen molar-refractivity contribution in [3.63, 3.8) is 0 Å². The zero-order valence-corrected chi connectivity index (χ0v) is 52.6. The van der Waals surface area contributed by atoms with Crippen LogP contribution in [0, 0.1) is 0 Å². The van der Waals surface area contributed by atoms with Crippen LogP contribution < -0.4 is 0 Å². The van der Waals surface area contributed by atoms with E-state index in [2.05, 4.69) is 50.3 Å². The zero-order valence-electron chi connectivity index (χ0n) is 51.7. The van der Waals surface area contributed by atoms with E-state index in [-0.39, 0.29) is 25.6 Å². The number of phosphoric acid groups is 1. The number of allylic oxidation sites excluding steroid dienone is 6. The van der Waals surface area contributed by atoms with Gasteiger partial charge in [-0.2, -0.15) is 0 Å². The van der Waals surface area contributed by atoms with Crippen LogP contribution in [0.3, 0.4) is 0 Å². The maximum atomic E-state index is 12.8. The third kappa shape index (κ3) is 63.3. The monoisotopic (exact) mass is 1110 g/mol. The Balaban J connectivity index is 3.88. The predicted octanol–water partition coefficient (Wildman–Crippen LogP) is 21.1. The van der Waals surface area contributed by atoms with Gasteiger partial charge in [-0.3, -0.25) is 18.6 Å². The lowest BCUT2D eigenvalue weighted by Crippen LogP contribution is -2.37. The van der Waals surface area contributed by atoms with E-state index in [1.807, 2.05) is 21.1 Å². The maximum absolute atomic E-state index is 12.8. The normalized spacial score (nSPS) is 13.4. The quantitative estimate of drug-likeness (QED) is 0.0211. The van der Waals surface area contributed by atoms with Crippen molar-refractivity contribution < 1.29 is 42.1 Å². The van der Waals surface area contributed by atoms with Crippen LogP contribution in [0.2, 0.25) is 0 Å². The van der Waals surface area contributed by atoms with E-state index in [0.29, 0.717) is 23.9 Å². The number of carbonyl (C=O) groups excluding carboxylic acids is 2. The molecule has 1 N–H and O–H groups in total. The molecule has 2 unspecified atom stereocenters. The summed E-state index contributed by atoms with van der Waals surface area (Å²) in [5, 5.41) is 0. The van der Waals surface area contributed by atoms with Crippen LogP contribution in [-0.4, -0.2) is 74.9 Å². The maximum Gasteiger partial charge on any atom is 0.472 e. The first kappa shape index (κ1) is 75.2. The third-order valence-electron chi connectivity index (χ3n) is 14.9. The molecule has 0 heterocycles. The molecule has 454 valence electrons. The molecule has 0 aliphatic carbocycles. The van der Waals surface area contributed by atoms with Gasteiger partial charge in [-0.15, -0.1) is 0 Å². The molecule has 0 aliphatic rings. The second kappa shape index (κ2) is 58.9. The Bertz CT molecular complexity index is 1390. The molecule has 0 saturated heterocycles. The largest absolute Gasteiger partial charge is 0.472 e. The molecule has 10 heteroatoms. The summed E-state index contributed by atoms with van der Waals surface area (Å²) in [6.07, 6.45) is 74.0. The molecular formula is C67H129NO8P+. The lowest BCUT2D eigenvalue weighted by atomic mass is 10.0. The minimum Gasteiger partial charge on any atom is -0.462 e. The molecular weight excluding hydrogens is 978 g/mol. The fourth-order valence-electron chi connectivity index (χ4n) is 9.79. The fraction of sp³-hybridized carbons (Fsp3) is 0.881. The van der Waals surface area contributed by atoms with Gasteiger partial charge in [0.1, 0.15) is 19.8 Å². The van der Waals surface area contributed by atoms with Crippen molar-refractivity contribution in [2.75, 3.05) is 47.5 Å². The van der Waals surface area contributed by atoms with E-state index in [0.717, 1.165) is 44.9 Å². The van der Waals surface area contributed by atoms with Crippen LogP contribution in [0.4, 0.5) is 0 Å². The van der Waals surface area contributed by atoms with E-state index in [4.69, 9.17) is 18.5 Å². The Labute approximate surface area is 478 Å². The molecule has 0 fully saturated rings. The summed E-state index contributed by atoms with van der Waals surface area (Å²) in [7, 11) is 1.50. The highest BCUT2D eigenvalue weighted by atomic mass is 31.2. The van der Waals surface area contributed by atoms with Crippen LogP contribution >= 0.6 is 7.82 Å². The van der Waals surface area contributed by atoms with Crippen molar-refractivity contribution in [3.8, 4) is 0 Å². The van der Waals surface area contributed by atoms with Gasteiger partial charge in [-0.25, -0.2) is 4.57 Å². The molecule has 0 rings (SSSR count). The number of likely N-dealkylation sites (N-methyl/N-ethyl adjacent to an activating group) is 1. The fourth-order valence-corrected chi connectivity index (χ4v) is 10.5. The number of phosphoric ester groups is 1. The molecule has 0 spiro atoms. The predicted molar refractivity (Wildman–Crippen MR) is 330 cm³/mol. The standard InChI is InChI=1S/C67H128NO8P/c1-6-8-10-12-14-16-18-20-22-23-24-25-26-27-28-29-30-31-32-33-34-35-36-37-38-39-40-41-42-43-44-45-46-48-50-52-54-56-58-60-67(70)76-65(64-75-77(71,72)74-62-61-68(3,4)5)63-73-66(69)59-57-55-53-51-49-47-21-19-17-15-13-11-9-7-2/h18,20,23-24,26-27,65H,6-17,19,21-22,25,28-64H2,1-5H3/p+1/b20-18-,24-23-,27-26-. The number of quaternary nitrogens is 1. The van der Waals surface area contributed by atoms with Gasteiger partial charge in [0, 0.05) is 12.8 Å². The summed E-state index contributed by atoms with van der Waals surface area (Å²) in [5.41, 5.74) is 0. The number of esters is 2. The highest BCUT2D eigenvalue weighted by Crippen LogP contribution is 2.43. The van der Waals surface area contributed by atoms with Crippen LogP contribution in [0.1, 0.15) is 328 Å². The highest BCUT2D eigenvalue weighted by molar-refractivity contribution is 7.47. The minimum absolute atomic E-state index is 0.0354. The number of ether oxygens (including phenoxy) is 2. The summed E-state index contributed by atoms with van der Waals surface area (Å²) in [5.74, 6) is -0.778. The molecule has 9 nitrogen and oxygen atoms in total. The average Bonchev–Trinajstić information content (AvgIpc) is 3.39. The van der Waals surface area contributed by atoms with Gasteiger partial charge in [0.2, 0.25) is 0 Å². The highest BCUT2D eigenvalue weighted by Gasteiger charge is 2.27. The molecule has 0 aliphatic heterocycles. The van der Waals surface area contributed by atoms with Gasteiger partial charge in [-0.1, -0.05) is 301 Å². The Morgan fingerprint density at radius 2 is 0.701 bits per heavy atom. The molecule has 0 radical (unpaired) electrons. The molecule has 0 aromatic heterocycles. The number of rotatable bonds is 62. The first-order valence-corrected chi connectivity index (χ1v) is 34.7. The Hall–Kier alpha value is -1.77. The van der Waals surface area contributed by atoms with Crippen molar-refractivity contribution in [2.45, 2.75) is 335 Å². The Morgan fingerprint density at radius 3 is 1.04 bits per heavy atom. The second-order valence-electron chi connectivity index (χ2n) is 23.9. The summed E-state index contributed by atoms with van der Waals surface area (Å²) < 4.78 is 34.6. The molecule has 77 heavy (non-hydrogen) atoms. The van der Waals surface area contributed by atoms with E-state index < -0.39 is 26.5 Å². The smallest absolute Gasteiger partial charge is 0.462 e. The van der Waals surface area contributed by atoms with Gasteiger partial charge in [-0.05, 0) is 51.4 Å². The number of unbranched alkanes of at least 4 members (excludes halogenated alkanes) is 42. The number of carbonyl (C=O) groups is 2. The van der Waals surface area contributed by atoms with E-state index in [9.17, 15) is 19.0 Å². The topological polar surface area (TPSA) is 108 Å². The molecule has 0 aromatic carbocycles. The van der Waals surface area contributed by atoms with Crippen LogP contribution in [0.25, 0.3) is 0 Å². The van der Waals surface area contributed by atoms with E-state index in [1.54, 1.807) is 0 Å². The summed E-state index contributed by atoms with van der Waals surface area (Å²) in [6, 6.07) is 0. The van der Waals surface area contributed by atoms with Gasteiger partial charge in [0.15, 0.2) is 6.10 Å². The average molecular weight is 1110 g/mol. The van der Waals surface area contributed by atoms with E-state index in [1.165, 1.54) is 250 Å². The molecule has 0 bridgehead atoms. The van der Waals surface area contributed by atoms with Crippen molar-refractivity contribution in [2.24, 2.45) is 0 Å². The van der Waals surface area contributed by atoms with Crippen LogP contribution in [0.5, 0.6) is 0 Å². The number of hydrogen-bond donors (Lipinski definition) is 1. The van der Waals surface area contributed by atoms with Gasteiger partial charge in [0.25, 0.3) is 0 Å². The van der Waals surface area contributed by atoms with Crippen molar-refractivity contribution in [1.82, 2.24) is 0 Å². The second-order valence-corrected chi connectivity index (χ2v) is 25.3. The molecule has 2 atom stereocenters. The Morgan fingerprint density at radius 1 is 0.403 bits per heavy atom. The van der Waals surface area contributed by atoms with Crippen molar-refractivity contribution in [3.05, 3.63) is 36.5 Å². The lowest BCUT2D eigenvalue weighted by Gasteiger charge is -2.24. The summed E-state index contributed by atoms with van der Waals surface area (Å²) >= 11 is 0.